The van der Waals surface area contributed by atoms with Crippen molar-refractivity contribution in [3.8, 4) is 0 Å². The van der Waals surface area contributed by atoms with E-state index in [4.69, 9.17) is 19.9 Å². The quantitative estimate of drug-likeness (QED) is 0.221. The molecule has 2 fully saturated rings. The van der Waals surface area contributed by atoms with Crippen LogP contribution < -0.4 is 5.73 Å². The second-order valence-electron chi connectivity index (χ2n) is 13.4. The number of aliphatic hydroxyl groups excluding tert-OH is 3. The van der Waals surface area contributed by atoms with Gasteiger partial charge in [0.2, 0.25) is 0 Å². The minimum absolute atomic E-state index is 0.119. The summed E-state index contributed by atoms with van der Waals surface area (Å²) in [5.74, 6) is -3.74. The molecule has 2 aliphatic carbocycles. The predicted molar refractivity (Wildman–Crippen MR) is 165 cm³/mol. The van der Waals surface area contributed by atoms with E-state index in [2.05, 4.69) is 0 Å². The summed E-state index contributed by atoms with van der Waals surface area (Å²) in [5, 5.41) is 45.4. The smallest absolute Gasteiger partial charge is 0.338 e. The van der Waals surface area contributed by atoms with Gasteiger partial charge in [0.15, 0.2) is 11.9 Å². The van der Waals surface area contributed by atoms with Crippen molar-refractivity contribution in [1.82, 2.24) is 0 Å². The lowest BCUT2D eigenvalue weighted by Gasteiger charge is -2.57. The topological polar surface area (TPSA) is 186 Å². The van der Waals surface area contributed by atoms with Crippen LogP contribution in [0.5, 0.6) is 0 Å². The van der Waals surface area contributed by atoms with Gasteiger partial charge in [-0.25, -0.2) is 9.59 Å². The van der Waals surface area contributed by atoms with Gasteiger partial charge < -0.3 is 40.4 Å². The van der Waals surface area contributed by atoms with Crippen molar-refractivity contribution in [2.45, 2.75) is 88.8 Å². The fourth-order valence-electron chi connectivity index (χ4n) is 7.46. The fourth-order valence-corrected chi connectivity index (χ4v) is 7.46. The van der Waals surface area contributed by atoms with Crippen LogP contribution in [-0.4, -0.2) is 87.0 Å². The van der Waals surface area contributed by atoms with E-state index >= 15 is 0 Å². The van der Waals surface area contributed by atoms with Crippen LogP contribution in [-0.2, 0) is 23.8 Å². The number of carbonyl (C=O) groups is 3. The minimum atomic E-state index is -1.90. The van der Waals surface area contributed by atoms with Crippen molar-refractivity contribution in [2.75, 3.05) is 6.61 Å². The van der Waals surface area contributed by atoms with Crippen molar-refractivity contribution >= 4 is 17.7 Å². The molecule has 0 spiro atoms. The molecule has 1 heterocycles. The number of benzene rings is 2. The third-order valence-corrected chi connectivity index (χ3v) is 10.0. The van der Waals surface area contributed by atoms with Gasteiger partial charge in [-0.3, -0.25) is 4.79 Å². The van der Waals surface area contributed by atoms with Gasteiger partial charge in [0.25, 0.3) is 0 Å². The van der Waals surface area contributed by atoms with Crippen molar-refractivity contribution in [3.63, 3.8) is 0 Å². The molecule has 0 bridgehead atoms. The highest BCUT2D eigenvalue weighted by Crippen LogP contribution is 2.54. The summed E-state index contributed by atoms with van der Waals surface area (Å²) in [4.78, 5) is 41.4. The van der Waals surface area contributed by atoms with Gasteiger partial charge in [-0.1, -0.05) is 48.5 Å². The van der Waals surface area contributed by atoms with Crippen molar-refractivity contribution in [3.05, 3.63) is 82.9 Å². The van der Waals surface area contributed by atoms with Gasteiger partial charge >= 0.3 is 11.9 Å². The van der Waals surface area contributed by atoms with E-state index in [-0.39, 0.29) is 42.1 Å². The number of hydrogen-bond acceptors (Lipinski definition) is 11. The highest BCUT2D eigenvalue weighted by molar-refractivity contribution is 5.93. The first kappa shape index (κ1) is 33.9. The lowest BCUT2D eigenvalue weighted by atomic mass is 9.54. The molecular formula is C35H43NO10. The molecular weight excluding hydrogens is 594 g/mol. The summed E-state index contributed by atoms with van der Waals surface area (Å²) >= 11 is 0. The Morgan fingerprint density at radius 3 is 2.20 bits per heavy atom. The maximum atomic E-state index is 14.4. The summed E-state index contributed by atoms with van der Waals surface area (Å²) in [6.07, 6.45) is -7.91. The molecule has 0 amide bonds. The van der Waals surface area contributed by atoms with Crippen LogP contribution in [0.4, 0.5) is 0 Å². The summed E-state index contributed by atoms with van der Waals surface area (Å²) in [6.45, 7) is 6.04. The van der Waals surface area contributed by atoms with Gasteiger partial charge in [-0.15, -0.1) is 0 Å². The first-order valence-electron chi connectivity index (χ1n) is 15.6. The number of ether oxygens (including phenoxy) is 3. The summed E-state index contributed by atoms with van der Waals surface area (Å²) in [7, 11) is 0. The number of rotatable bonds is 7. The van der Waals surface area contributed by atoms with Gasteiger partial charge in [-0.05, 0) is 56.5 Å². The van der Waals surface area contributed by atoms with Gasteiger partial charge in [0, 0.05) is 24.7 Å². The Labute approximate surface area is 268 Å². The third kappa shape index (κ3) is 6.15. The number of esters is 2. The standard InChI is InChI=1S/C35H43NO10/c1-18-22(45-33(42)30(39)28(36)19-11-7-5-8-12-19)15-24(46-32(41)20-13-9-6-10-14-20)27-21-17-44-23(21)16-25(37)35(27,4)31(40)29(38)26(18)34(2,3)43/h5-14,21-25,27-30,37-39,43H,15-17,36H2,1-4H3/b26-18-/t21?,22-,23?,24+,25-,27?,28-,29+,30?,35?/m0/s1. The van der Waals surface area contributed by atoms with Gasteiger partial charge in [-0.2, -0.15) is 0 Å². The van der Waals surface area contributed by atoms with Crippen LogP contribution in [0.1, 0.15) is 62.5 Å². The van der Waals surface area contributed by atoms with E-state index < -0.39 is 77.3 Å². The number of carbonyl (C=O) groups excluding carboxylic acids is 3. The Morgan fingerprint density at radius 2 is 1.63 bits per heavy atom. The average Bonchev–Trinajstić information content (AvgIpc) is 3.04. The van der Waals surface area contributed by atoms with Crippen LogP contribution in [0.25, 0.3) is 0 Å². The number of fused-ring (bicyclic) bond motifs is 3. The van der Waals surface area contributed by atoms with E-state index in [1.165, 1.54) is 27.7 Å². The number of Topliss-reactive ketones (excluding diaryl/α,β-unsaturated/α-hetero) is 1. The normalized spacial score (nSPS) is 34.4. The SMILES string of the molecule is C/C1=C(/C(C)(C)O)[C@@H](O)C(=O)C2(C)C(C3COC3C[C@@H]2O)[C@H](OC(=O)c2ccccc2)C[C@@H]1OC(=O)C(O)[C@@H](N)c1ccccc1. The molecule has 11 nitrogen and oxygen atoms in total. The van der Waals surface area contributed by atoms with E-state index in [9.17, 15) is 34.8 Å². The third-order valence-electron chi connectivity index (χ3n) is 10.0. The zero-order valence-corrected chi connectivity index (χ0v) is 26.4. The maximum Gasteiger partial charge on any atom is 0.338 e. The minimum Gasteiger partial charge on any atom is -0.458 e. The Bertz CT molecular complexity index is 1470. The van der Waals surface area contributed by atoms with Crippen LogP contribution in [0.2, 0.25) is 0 Å². The van der Waals surface area contributed by atoms with Crippen molar-refractivity contribution in [1.29, 1.82) is 0 Å². The highest BCUT2D eigenvalue weighted by atomic mass is 16.6. The number of nitrogens with two attached hydrogens (primary N) is 1. The molecule has 2 aromatic rings. The summed E-state index contributed by atoms with van der Waals surface area (Å²) in [5.41, 5.74) is 3.55. The Kier molecular flexibility index (Phi) is 9.57. The molecule has 10 atom stereocenters. The molecule has 0 aromatic heterocycles. The summed E-state index contributed by atoms with van der Waals surface area (Å²) < 4.78 is 17.8. The van der Waals surface area contributed by atoms with E-state index in [1.807, 2.05) is 0 Å². The fraction of sp³-hybridized carbons (Fsp3) is 0.514. The number of ketones is 1. The molecule has 5 rings (SSSR count). The van der Waals surface area contributed by atoms with Crippen molar-refractivity contribution < 1.29 is 49.0 Å². The molecule has 5 unspecified atom stereocenters. The monoisotopic (exact) mass is 637 g/mol. The molecule has 248 valence electrons. The molecule has 11 heteroatoms. The molecule has 2 aromatic carbocycles. The second-order valence-corrected chi connectivity index (χ2v) is 13.4. The lowest BCUT2D eigenvalue weighted by molar-refractivity contribution is -0.242. The van der Waals surface area contributed by atoms with E-state index in [1.54, 1.807) is 60.7 Å². The van der Waals surface area contributed by atoms with Crippen LogP contribution in [0.15, 0.2) is 71.8 Å². The zero-order chi connectivity index (χ0) is 33.6. The molecule has 46 heavy (non-hydrogen) atoms. The largest absolute Gasteiger partial charge is 0.458 e. The van der Waals surface area contributed by atoms with Gasteiger partial charge in [0.05, 0.1) is 41.4 Å². The molecule has 6 N–H and O–H groups in total. The van der Waals surface area contributed by atoms with Crippen molar-refractivity contribution in [2.24, 2.45) is 23.0 Å². The lowest BCUT2D eigenvalue weighted by Crippen LogP contribution is -2.66. The van der Waals surface area contributed by atoms with Gasteiger partial charge in [0.1, 0.15) is 18.3 Å². The second kappa shape index (κ2) is 13.0. The summed E-state index contributed by atoms with van der Waals surface area (Å²) in [6, 6.07) is 15.6. The van der Waals surface area contributed by atoms with E-state index in [0.29, 0.717) is 5.56 Å². The maximum absolute atomic E-state index is 14.4. The first-order valence-corrected chi connectivity index (χ1v) is 15.6. The highest BCUT2D eigenvalue weighted by Gasteiger charge is 2.64. The Morgan fingerprint density at radius 1 is 1.02 bits per heavy atom. The Hall–Kier alpha value is -3.45. The van der Waals surface area contributed by atoms with E-state index in [0.717, 1.165) is 0 Å². The first-order chi connectivity index (χ1) is 21.7. The molecule has 0 radical (unpaired) electrons. The van der Waals surface area contributed by atoms with Crippen LogP contribution >= 0.6 is 0 Å². The molecule has 1 aliphatic heterocycles. The van der Waals surface area contributed by atoms with Crippen LogP contribution in [0, 0.1) is 17.3 Å². The number of hydrogen-bond donors (Lipinski definition) is 5. The molecule has 1 saturated carbocycles. The average molecular weight is 638 g/mol. The molecule has 3 aliphatic rings. The Balaban J connectivity index is 1.61. The zero-order valence-electron chi connectivity index (χ0n) is 26.4. The molecule has 1 saturated heterocycles. The van der Waals surface area contributed by atoms with Crippen LogP contribution in [0.3, 0.4) is 0 Å². The predicted octanol–water partition coefficient (Wildman–Crippen LogP) is 2.01. The number of aliphatic hydroxyl groups is 4.